The quantitative estimate of drug-likeness (QED) is 0.792. The number of carbonyl (C=O) groups excluding carboxylic acids is 1. The molecule has 1 heterocycles. The van der Waals surface area contributed by atoms with Gasteiger partial charge in [0.1, 0.15) is 5.69 Å². The van der Waals surface area contributed by atoms with E-state index in [1.54, 1.807) is 24.1 Å². The number of imidazole rings is 1. The fourth-order valence-corrected chi connectivity index (χ4v) is 1.89. The van der Waals surface area contributed by atoms with Gasteiger partial charge in [0.15, 0.2) is 0 Å². The maximum absolute atomic E-state index is 12.0. The molecule has 0 atom stereocenters. The first-order valence-corrected chi connectivity index (χ1v) is 6.78. The molecule has 0 aliphatic heterocycles. The van der Waals surface area contributed by atoms with Gasteiger partial charge < -0.3 is 15.2 Å². The number of amides is 1. The molecule has 5 nitrogen and oxygen atoms in total. The lowest BCUT2D eigenvalue weighted by molar-refractivity contribution is 0.101. The molecule has 0 bridgehead atoms. The molecule has 0 spiro atoms. The van der Waals surface area contributed by atoms with Gasteiger partial charge in [-0.15, -0.1) is 0 Å². The third-order valence-electron chi connectivity index (χ3n) is 3.02. The summed E-state index contributed by atoms with van der Waals surface area (Å²) in [5.41, 5.74) is 2.53. The summed E-state index contributed by atoms with van der Waals surface area (Å²) < 4.78 is 1.69. The van der Waals surface area contributed by atoms with E-state index in [0.717, 1.165) is 25.2 Å². The van der Waals surface area contributed by atoms with E-state index in [2.05, 4.69) is 22.5 Å². The molecule has 2 N–H and O–H groups in total. The van der Waals surface area contributed by atoms with Gasteiger partial charge in [0.25, 0.3) is 5.91 Å². The molecule has 0 unspecified atom stereocenters. The topological polar surface area (TPSA) is 58.9 Å². The summed E-state index contributed by atoms with van der Waals surface area (Å²) in [5, 5.41) is 6.20. The van der Waals surface area contributed by atoms with Crippen LogP contribution in [0.1, 0.15) is 29.4 Å². The average Bonchev–Trinajstić information content (AvgIpc) is 2.87. The predicted molar refractivity (Wildman–Crippen MR) is 79.6 cm³/mol. The highest BCUT2D eigenvalue weighted by Gasteiger charge is 2.09. The summed E-state index contributed by atoms with van der Waals surface area (Å²) in [5.74, 6) is -0.151. The third kappa shape index (κ3) is 3.68. The van der Waals surface area contributed by atoms with Crippen molar-refractivity contribution in [3.05, 3.63) is 48.0 Å². The predicted octanol–water partition coefficient (Wildman–Crippen LogP) is 2.17. The van der Waals surface area contributed by atoms with Crippen molar-refractivity contribution >= 4 is 11.6 Å². The van der Waals surface area contributed by atoms with E-state index in [-0.39, 0.29) is 5.91 Å². The molecule has 0 aliphatic carbocycles. The van der Waals surface area contributed by atoms with Crippen LogP contribution in [0.4, 0.5) is 5.69 Å². The van der Waals surface area contributed by atoms with E-state index in [1.807, 2.05) is 24.3 Å². The van der Waals surface area contributed by atoms with E-state index in [1.165, 1.54) is 5.56 Å². The molecule has 0 saturated carbocycles. The molecular formula is C15H20N4O. The van der Waals surface area contributed by atoms with E-state index in [4.69, 9.17) is 0 Å². The number of aryl methyl sites for hydroxylation is 1. The smallest absolute Gasteiger partial charge is 0.273 e. The molecule has 1 aromatic heterocycles. The number of benzene rings is 1. The van der Waals surface area contributed by atoms with Gasteiger partial charge in [-0.25, -0.2) is 4.98 Å². The average molecular weight is 272 g/mol. The number of nitrogens with one attached hydrogen (secondary N) is 2. The van der Waals surface area contributed by atoms with Gasteiger partial charge in [0.05, 0.1) is 12.5 Å². The number of nitrogens with zero attached hydrogens (tertiary/aromatic N) is 2. The minimum Gasteiger partial charge on any atom is -0.330 e. The fraction of sp³-hybridized carbons (Fsp3) is 0.333. The van der Waals surface area contributed by atoms with Gasteiger partial charge >= 0.3 is 0 Å². The lowest BCUT2D eigenvalue weighted by Gasteiger charge is -2.07. The van der Waals surface area contributed by atoms with Gasteiger partial charge in [0, 0.05) is 19.3 Å². The van der Waals surface area contributed by atoms with Crippen LogP contribution in [0.2, 0.25) is 0 Å². The fourth-order valence-electron chi connectivity index (χ4n) is 1.89. The first kappa shape index (κ1) is 14.3. The molecular weight excluding hydrogens is 252 g/mol. The normalized spacial score (nSPS) is 10.5. The summed E-state index contributed by atoms with van der Waals surface area (Å²) >= 11 is 0. The second-order valence-corrected chi connectivity index (χ2v) is 4.72. The summed E-state index contributed by atoms with van der Waals surface area (Å²) in [6.07, 6.45) is 4.29. The number of hydrogen-bond donors (Lipinski definition) is 2. The zero-order valence-corrected chi connectivity index (χ0v) is 11.9. The lowest BCUT2D eigenvalue weighted by atomic mass is 10.2. The van der Waals surface area contributed by atoms with Crippen molar-refractivity contribution in [2.45, 2.75) is 19.9 Å². The first-order valence-electron chi connectivity index (χ1n) is 6.78. The molecule has 5 heteroatoms. The molecule has 106 valence electrons. The number of anilines is 1. The van der Waals surface area contributed by atoms with Crippen LogP contribution in [0.15, 0.2) is 36.8 Å². The zero-order valence-electron chi connectivity index (χ0n) is 11.9. The van der Waals surface area contributed by atoms with Crippen molar-refractivity contribution in [1.29, 1.82) is 0 Å². The van der Waals surface area contributed by atoms with Crippen LogP contribution in [0.3, 0.4) is 0 Å². The monoisotopic (exact) mass is 272 g/mol. The van der Waals surface area contributed by atoms with Crippen molar-refractivity contribution in [1.82, 2.24) is 14.9 Å². The van der Waals surface area contributed by atoms with E-state index < -0.39 is 0 Å². The number of aromatic nitrogens is 2. The Morgan fingerprint density at radius 3 is 2.65 bits per heavy atom. The maximum atomic E-state index is 12.0. The SMILES string of the molecule is CCCNCc1ccc(NC(=O)c2cncn2C)cc1. The molecule has 1 aromatic carbocycles. The Balaban J connectivity index is 1.93. The minimum atomic E-state index is -0.151. The zero-order chi connectivity index (χ0) is 14.4. The molecule has 1 amide bonds. The summed E-state index contributed by atoms with van der Waals surface area (Å²) in [7, 11) is 1.80. The van der Waals surface area contributed by atoms with Gasteiger partial charge in [0.2, 0.25) is 0 Å². The number of carbonyl (C=O) groups is 1. The number of rotatable bonds is 6. The van der Waals surface area contributed by atoms with Gasteiger partial charge in [-0.1, -0.05) is 19.1 Å². The van der Waals surface area contributed by atoms with E-state index in [0.29, 0.717) is 5.69 Å². The van der Waals surface area contributed by atoms with Crippen LogP contribution in [0.5, 0.6) is 0 Å². The Labute approximate surface area is 119 Å². The van der Waals surface area contributed by atoms with Crippen molar-refractivity contribution in [3.8, 4) is 0 Å². The molecule has 2 rings (SSSR count). The molecule has 20 heavy (non-hydrogen) atoms. The molecule has 0 saturated heterocycles. The Morgan fingerprint density at radius 1 is 1.30 bits per heavy atom. The molecule has 0 radical (unpaired) electrons. The van der Waals surface area contributed by atoms with E-state index >= 15 is 0 Å². The number of hydrogen-bond acceptors (Lipinski definition) is 3. The van der Waals surface area contributed by atoms with Crippen LogP contribution >= 0.6 is 0 Å². The molecule has 0 aliphatic rings. The third-order valence-corrected chi connectivity index (χ3v) is 3.02. The Bertz CT molecular complexity index is 560. The van der Waals surface area contributed by atoms with Gasteiger partial charge in [-0.2, -0.15) is 0 Å². The summed E-state index contributed by atoms with van der Waals surface area (Å²) in [6, 6.07) is 7.86. The first-order chi connectivity index (χ1) is 9.70. The van der Waals surface area contributed by atoms with Crippen LogP contribution in [0.25, 0.3) is 0 Å². The lowest BCUT2D eigenvalue weighted by Crippen LogP contribution is -2.16. The van der Waals surface area contributed by atoms with Crippen molar-refractivity contribution < 1.29 is 4.79 Å². The van der Waals surface area contributed by atoms with Crippen molar-refractivity contribution in [3.63, 3.8) is 0 Å². The molecule has 2 aromatic rings. The van der Waals surface area contributed by atoms with Gasteiger partial charge in [-0.05, 0) is 30.7 Å². The second kappa shape index (κ2) is 6.86. The van der Waals surface area contributed by atoms with Gasteiger partial charge in [-0.3, -0.25) is 4.79 Å². The molecule has 0 fully saturated rings. The standard InChI is InChI=1S/C15H20N4O/c1-3-8-16-9-12-4-6-13(7-5-12)18-15(20)14-10-17-11-19(14)2/h4-7,10-11,16H,3,8-9H2,1-2H3,(H,18,20). The largest absolute Gasteiger partial charge is 0.330 e. The highest BCUT2D eigenvalue weighted by molar-refractivity contribution is 6.02. The summed E-state index contributed by atoms with van der Waals surface area (Å²) in [6.45, 7) is 4.01. The second-order valence-electron chi connectivity index (χ2n) is 4.72. The van der Waals surface area contributed by atoms with Crippen molar-refractivity contribution in [2.24, 2.45) is 7.05 Å². The van der Waals surface area contributed by atoms with Crippen LogP contribution in [0, 0.1) is 0 Å². The Kier molecular flexibility index (Phi) is 4.90. The van der Waals surface area contributed by atoms with Crippen LogP contribution in [-0.4, -0.2) is 22.0 Å². The Hall–Kier alpha value is -2.14. The van der Waals surface area contributed by atoms with E-state index in [9.17, 15) is 4.79 Å². The van der Waals surface area contributed by atoms with Crippen LogP contribution < -0.4 is 10.6 Å². The minimum absolute atomic E-state index is 0.151. The highest BCUT2D eigenvalue weighted by atomic mass is 16.1. The summed E-state index contributed by atoms with van der Waals surface area (Å²) in [4.78, 5) is 15.9. The highest BCUT2D eigenvalue weighted by Crippen LogP contribution is 2.11. The van der Waals surface area contributed by atoms with Crippen molar-refractivity contribution in [2.75, 3.05) is 11.9 Å². The van der Waals surface area contributed by atoms with Crippen LogP contribution in [-0.2, 0) is 13.6 Å². The Morgan fingerprint density at radius 2 is 2.05 bits per heavy atom. The maximum Gasteiger partial charge on any atom is 0.273 e.